The molecule has 0 aliphatic carbocycles. The van der Waals surface area contributed by atoms with Gasteiger partial charge in [0.1, 0.15) is 0 Å². The fourth-order valence-corrected chi connectivity index (χ4v) is 2.98. The molecule has 0 aliphatic rings. The van der Waals surface area contributed by atoms with Crippen LogP contribution in [0.3, 0.4) is 0 Å². The van der Waals surface area contributed by atoms with Crippen molar-refractivity contribution >= 4 is 17.6 Å². The van der Waals surface area contributed by atoms with Gasteiger partial charge in [-0.1, -0.05) is 96.0 Å². The van der Waals surface area contributed by atoms with Crippen LogP contribution in [0.2, 0.25) is 6.32 Å². The lowest BCUT2D eigenvalue weighted by Gasteiger charge is -2.18. The van der Waals surface area contributed by atoms with E-state index in [4.69, 9.17) is 0 Å². The van der Waals surface area contributed by atoms with Gasteiger partial charge in [0.2, 0.25) is 6.71 Å². The highest BCUT2D eigenvalue weighted by Crippen LogP contribution is 2.08. The third-order valence-corrected chi connectivity index (χ3v) is 4.15. The van der Waals surface area contributed by atoms with E-state index < -0.39 is 0 Å². The molecule has 0 aliphatic heterocycles. The highest BCUT2D eigenvalue weighted by Gasteiger charge is 2.21. The summed E-state index contributed by atoms with van der Waals surface area (Å²) < 4.78 is 0. The third kappa shape index (κ3) is 4.11. The number of aryl methyl sites for hydroxylation is 2. The van der Waals surface area contributed by atoms with Gasteiger partial charge in [0.25, 0.3) is 0 Å². The second-order valence-corrected chi connectivity index (χ2v) is 5.72. The molecule has 0 atom stereocenters. The fourth-order valence-electron chi connectivity index (χ4n) is 2.98. The summed E-state index contributed by atoms with van der Waals surface area (Å²) in [6.07, 6.45) is 8.03. The molecular weight excluding hydrogens is 251 g/mol. The van der Waals surface area contributed by atoms with Crippen molar-refractivity contribution in [2.75, 3.05) is 0 Å². The van der Waals surface area contributed by atoms with E-state index in [1.165, 1.54) is 28.4 Å². The van der Waals surface area contributed by atoms with E-state index in [1.807, 2.05) is 0 Å². The molecule has 2 aromatic carbocycles. The van der Waals surface area contributed by atoms with Crippen LogP contribution in [-0.4, -0.2) is 6.71 Å². The number of allylic oxidation sites excluding steroid dienone is 2. The maximum Gasteiger partial charge on any atom is 0.210 e. The Morgan fingerprint density at radius 1 is 0.810 bits per heavy atom. The Kier molecular flexibility index (Phi) is 5.86. The summed E-state index contributed by atoms with van der Waals surface area (Å²) >= 11 is 0. The molecule has 21 heavy (non-hydrogen) atoms. The van der Waals surface area contributed by atoms with Gasteiger partial charge in [-0.25, -0.2) is 0 Å². The lowest BCUT2D eigenvalue weighted by atomic mass is 9.37. The second kappa shape index (κ2) is 7.88. The first-order valence-corrected chi connectivity index (χ1v) is 8.00. The van der Waals surface area contributed by atoms with Crippen LogP contribution in [0.25, 0.3) is 0 Å². The van der Waals surface area contributed by atoms with E-state index in [2.05, 4.69) is 81.5 Å². The molecule has 0 heterocycles. The lowest BCUT2D eigenvalue weighted by molar-refractivity contribution is 1.14. The molecule has 0 saturated heterocycles. The van der Waals surface area contributed by atoms with Crippen LogP contribution in [0.4, 0.5) is 0 Å². The van der Waals surface area contributed by atoms with Crippen molar-refractivity contribution in [3.05, 3.63) is 71.8 Å². The zero-order valence-corrected chi connectivity index (χ0v) is 13.5. The molecule has 0 bridgehead atoms. The second-order valence-electron chi connectivity index (χ2n) is 5.72. The standard InChI is InChI=1S/C20H25B/c1-4-5-6-11-16-21(19-14-9-7-12-17(19)2)20-15-10-8-13-18(20)3/h5-10,12-15H,4,11,16H2,1-3H3. The third-order valence-electron chi connectivity index (χ3n) is 4.15. The minimum Gasteiger partial charge on any atom is -0.0892 e. The molecule has 0 spiro atoms. The Hall–Kier alpha value is -1.76. The Morgan fingerprint density at radius 3 is 1.81 bits per heavy atom. The zero-order valence-electron chi connectivity index (χ0n) is 13.5. The normalized spacial score (nSPS) is 11.0. The summed E-state index contributed by atoms with van der Waals surface area (Å²) in [6, 6.07) is 17.6. The Balaban J connectivity index is 2.33. The van der Waals surface area contributed by atoms with Gasteiger partial charge in [0.05, 0.1) is 0 Å². The topological polar surface area (TPSA) is 0 Å². The Labute approximate surface area is 130 Å². The van der Waals surface area contributed by atoms with Crippen molar-refractivity contribution < 1.29 is 0 Å². The van der Waals surface area contributed by atoms with Crippen molar-refractivity contribution in [1.29, 1.82) is 0 Å². The van der Waals surface area contributed by atoms with Crippen LogP contribution in [0.5, 0.6) is 0 Å². The van der Waals surface area contributed by atoms with E-state index in [-0.39, 0.29) is 0 Å². The van der Waals surface area contributed by atoms with E-state index >= 15 is 0 Å². The number of rotatable bonds is 6. The summed E-state index contributed by atoms with van der Waals surface area (Å²) in [5.74, 6) is 0. The van der Waals surface area contributed by atoms with Crippen molar-refractivity contribution in [2.45, 2.75) is 39.9 Å². The van der Waals surface area contributed by atoms with E-state index in [9.17, 15) is 0 Å². The number of benzene rings is 2. The highest BCUT2D eigenvalue weighted by atomic mass is 14.0. The highest BCUT2D eigenvalue weighted by molar-refractivity contribution is 6.85. The molecule has 0 radical (unpaired) electrons. The predicted molar refractivity (Wildman–Crippen MR) is 96.2 cm³/mol. The summed E-state index contributed by atoms with van der Waals surface area (Å²) in [4.78, 5) is 0. The van der Waals surface area contributed by atoms with E-state index in [0.717, 1.165) is 12.8 Å². The first-order chi connectivity index (χ1) is 10.2. The maximum atomic E-state index is 2.32. The SMILES string of the molecule is CCC=CCCB(c1ccccc1C)c1ccccc1C. The van der Waals surface area contributed by atoms with Crippen molar-refractivity contribution in [3.63, 3.8) is 0 Å². The summed E-state index contributed by atoms with van der Waals surface area (Å²) in [7, 11) is 0. The predicted octanol–water partition coefficient (Wildman–Crippen LogP) is 4.27. The molecule has 0 saturated carbocycles. The molecule has 0 fully saturated rings. The quantitative estimate of drug-likeness (QED) is 0.546. The Morgan fingerprint density at radius 2 is 1.33 bits per heavy atom. The molecule has 0 aromatic heterocycles. The van der Waals surface area contributed by atoms with Crippen molar-refractivity contribution in [2.24, 2.45) is 0 Å². The van der Waals surface area contributed by atoms with E-state index in [0.29, 0.717) is 6.71 Å². The van der Waals surface area contributed by atoms with Crippen LogP contribution in [0.1, 0.15) is 30.9 Å². The average molecular weight is 276 g/mol. The minimum atomic E-state index is 0.494. The number of hydrogen-bond donors (Lipinski definition) is 0. The first kappa shape index (κ1) is 15.6. The molecule has 0 unspecified atom stereocenters. The molecule has 2 aromatic rings. The Bertz CT molecular complexity index is 553. The maximum absolute atomic E-state index is 2.32. The van der Waals surface area contributed by atoms with Gasteiger partial charge in [-0.2, -0.15) is 0 Å². The average Bonchev–Trinajstić information content (AvgIpc) is 2.50. The van der Waals surface area contributed by atoms with Crippen LogP contribution >= 0.6 is 0 Å². The van der Waals surface area contributed by atoms with Gasteiger partial charge in [-0.05, 0) is 26.7 Å². The van der Waals surface area contributed by atoms with Crippen LogP contribution in [0, 0.1) is 13.8 Å². The summed E-state index contributed by atoms with van der Waals surface area (Å²) in [6.45, 7) is 7.13. The molecule has 0 amide bonds. The van der Waals surface area contributed by atoms with Crippen molar-refractivity contribution in [1.82, 2.24) is 0 Å². The monoisotopic (exact) mass is 276 g/mol. The van der Waals surface area contributed by atoms with Gasteiger partial charge >= 0.3 is 0 Å². The van der Waals surface area contributed by atoms with Gasteiger partial charge < -0.3 is 0 Å². The molecule has 108 valence electrons. The summed E-state index contributed by atoms with van der Waals surface area (Å²) in [5, 5.41) is 0. The molecule has 1 heteroatoms. The van der Waals surface area contributed by atoms with Gasteiger partial charge in [0, 0.05) is 0 Å². The number of hydrogen-bond acceptors (Lipinski definition) is 0. The molecular formula is C20H25B. The van der Waals surface area contributed by atoms with Crippen LogP contribution in [0.15, 0.2) is 60.7 Å². The molecule has 0 nitrogen and oxygen atoms in total. The van der Waals surface area contributed by atoms with Gasteiger partial charge in [0.15, 0.2) is 0 Å². The summed E-state index contributed by atoms with van der Waals surface area (Å²) in [5.41, 5.74) is 5.73. The zero-order chi connectivity index (χ0) is 15.1. The largest absolute Gasteiger partial charge is 0.210 e. The van der Waals surface area contributed by atoms with Gasteiger partial charge in [-0.15, -0.1) is 0 Å². The first-order valence-electron chi connectivity index (χ1n) is 8.00. The van der Waals surface area contributed by atoms with E-state index in [1.54, 1.807) is 0 Å². The molecule has 0 N–H and O–H groups in total. The smallest absolute Gasteiger partial charge is 0.0892 e. The van der Waals surface area contributed by atoms with Crippen LogP contribution in [-0.2, 0) is 0 Å². The van der Waals surface area contributed by atoms with Gasteiger partial charge in [-0.3, -0.25) is 0 Å². The minimum absolute atomic E-state index is 0.494. The van der Waals surface area contributed by atoms with Crippen LogP contribution < -0.4 is 10.9 Å². The lowest BCUT2D eigenvalue weighted by Crippen LogP contribution is -2.44. The fraction of sp³-hybridized carbons (Fsp3) is 0.300. The molecule has 2 rings (SSSR count). The van der Waals surface area contributed by atoms with Crippen molar-refractivity contribution in [3.8, 4) is 0 Å².